The Bertz CT molecular complexity index is 419. The third kappa shape index (κ3) is 5.14. The third-order valence-corrected chi connectivity index (χ3v) is 3.18. The Balaban J connectivity index is 1.59. The molecule has 2 N–H and O–H groups in total. The lowest BCUT2D eigenvalue weighted by atomic mass is 10.3. The van der Waals surface area contributed by atoms with Crippen molar-refractivity contribution in [2.75, 3.05) is 46.0 Å². The maximum absolute atomic E-state index is 12.7. The molecule has 1 saturated heterocycles. The van der Waals surface area contributed by atoms with E-state index in [1.54, 1.807) is 0 Å². The summed E-state index contributed by atoms with van der Waals surface area (Å²) in [6.45, 7) is 5.02. The van der Waals surface area contributed by atoms with E-state index >= 15 is 0 Å². The zero-order chi connectivity index (χ0) is 14.2. The minimum absolute atomic E-state index is 0.0515. The minimum atomic E-state index is -0.324. The lowest BCUT2D eigenvalue weighted by molar-refractivity contribution is -0.906. The molecule has 1 aromatic carbocycles. The summed E-state index contributed by atoms with van der Waals surface area (Å²) in [6.07, 6.45) is 0. The van der Waals surface area contributed by atoms with Crippen LogP contribution in [0.5, 0.6) is 5.75 Å². The van der Waals surface area contributed by atoms with Gasteiger partial charge in [0.25, 0.3) is 5.91 Å². The minimum Gasteiger partial charge on any atom is -0.484 e. The van der Waals surface area contributed by atoms with Crippen molar-refractivity contribution >= 4 is 5.91 Å². The van der Waals surface area contributed by atoms with Gasteiger partial charge in [-0.25, -0.2) is 4.39 Å². The summed E-state index contributed by atoms with van der Waals surface area (Å²) in [4.78, 5) is 13.0. The summed E-state index contributed by atoms with van der Waals surface area (Å²) in [5, 5.41) is 2.81. The molecular formula is C14H20FN2O3+. The highest BCUT2D eigenvalue weighted by Gasteiger charge is 2.13. The van der Waals surface area contributed by atoms with Crippen LogP contribution in [-0.2, 0) is 9.53 Å². The Morgan fingerprint density at radius 1 is 1.30 bits per heavy atom. The molecule has 1 aliphatic heterocycles. The monoisotopic (exact) mass is 283 g/mol. The fourth-order valence-electron chi connectivity index (χ4n) is 2.02. The first-order valence-electron chi connectivity index (χ1n) is 6.80. The van der Waals surface area contributed by atoms with Crippen LogP contribution < -0.4 is 15.0 Å². The Kier molecular flexibility index (Phi) is 5.76. The van der Waals surface area contributed by atoms with Gasteiger partial charge in [0.1, 0.15) is 24.7 Å². The van der Waals surface area contributed by atoms with E-state index in [2.05, 4.69) is 5.32 Å². The second-order valence-electron chi connectivity index (χ2n) is 4.70. The van der Waals surface area contributed by atoms with E-state index in [1.165, 1.54) is 29.2 Å². The first kappa shape index (κ1) is 14.7. The number of morpholine rings is 1. The van der Waals surface area contributed by atoms with E-state index < -0.39 is 0 Å². The average Bonchev–Trinajstić information content (AvgIpc) is 2.48. The standard InChI is InChI=1S/C14H19FN2O3/c15-12-1-3-13(4-2-12)20-11-14(18)16-5-6-17-7-9-19-10-8-17/h1-4H,5-11H2,(H,16,18)/p+1. The Labute approximate surface area is 117 Å². The molecule has 1 heterocycles. The summed E-state index contributed by atoms with van der Waals surface area (Å²) in [7, 11) is 0. The molecule has 0 bridgehead atoms. The number of carbonyl (C=O) groups is 1. The van der Waals surface area contributed by atoms with Gasteiger partial charge in [0, 0.05) is 0 Å². The summed E-state index contributed by atoms with van der Waals surface area (Å²) >= 11 is 0. The summed E-state index contributed by atoms with van der Waals surface area (Å²) in [6, 6.07) is 5.60. The van der Waals surface area contributed by atoms with Gasteiger partial charge >= 0.3 is 0 Å². The van der Waals surface area contributed by atoms with Crippen LogP contribution in [0.1, 0.15) is 0 Å². The Morgan fingerprint density at radius 2 is 2.00 bits per heavy atom. The number of hydrogen-bond donors (Lipinski definition) is 2. The molecular weight excluding hydrogens is 263 g/mol. The number of amides is 1. The van der Waals surface area contributed by atoms with Crippen LogP contribution >= 0.6 is 0 Å². The topological polar surface area (TPSA) is 52.0 Å². The predicted octanol–water partition coefficient (Wildman–Crippen LogP) is -0.764. The van der Waals surface area contributed by atoms with Crippen LogP contribution in [0.4, 0.5) is 4.39 Å². The molecule has 5 nitrogen and oxygen atoms in total. The molecule has 0 aromatic heterocycles. The molecule has 110 valence electrons. The summed E-state index contributed by atoms with van der Waals surface area (Å²) in [5.41, 5.74) is 0. The van der Waals surface area contributed by atoms with E-state index in [-0.39, 0.29) is 18.3 Å². The Hall–Kier alpha value is -1.66. The number of halogens is 1. The van der Waals surface area contributed by atoms with Gasteiger partial charge in [-0.1, -0.05) is 0 Å². The number of ether oxygens (including phenoxy) is 2. The highest BCUT2D eigenvalue weighted by atomic mass is 19.1. The van der Waals surface area contributed by atoms with E-state index in [4.69, 9.17) is 9.47 Å². The molecule has 0 unspecified atom stereocenters. The van der Waals surface area contributed by atoms with Crippen molar-refractivity contribution in [3.63, 3.8) is 0 Å². The highest BCUT2D eigenvalue weighted by Crippen LogP contribution is 2.10. The van der Waals surface area contributed by atoms with Crippen molar-refractivity contribution in [2.45, 2.75) is 0 Å². The van der Waals surface area contributed by atoms with E-state index in [0.29, 0.717) is 12.3 Å². The molecule has 2 rings (SSSR count). The fourth-order valence-corrected chi connectivity index (χ4v) is 2.02. The van der Waals surface area contributed by atoms with Crippen molar-refractivity contribution in [1.82, 2.24) is 5.32 Å². The van der Waals surface area contributed by atoms with Crippen molar-refractivity contribution < 1.29 is 23.6 Å². The van der Waals surface area contributed by atoms with Gasteiger partial charge in [-0.3, -0.25) is 4.79 Å². The van der Waals surface area contributed by atoms with E-state index in [0.717, 1.165) is 32.8 Å². The molecule has 0 aliphatic carbocycles. The van der Waals surface area contributed by atoms with Crippen molar-refractivity contribution in [2.24, 2.45) is 0 Å². The summed E-state index contributed by atoms with van der Waals surface area (Å²) < 4.78 is 23.2. The van der Waals surface area contributed by atoms with Crippen molar-refractivity contribution in [3.05, 3.63) is 30.1 Å². The smallest absolute Gasteiger partial charge is 0.258 e. The zero-order valence-corrected chi connectivity index (χ0v) is 11.4. The van der Waals surface area contributed by atoms with Crippen LogP contribution in [0.3, 0.4) is 0 Å². The molecule has 1 fully saturated rings. The molecule has 0 radical (unpaired) electrons. The van der Waals surface area contributed by atoms with Gasteiger partial charge in [-0.15, -0.1) is 0 Å². The molecule has 0 atom stereocenters. The largest absolute Gasteiger partial charge is 0.484 e. The molecule has 1 aliphatic rings. The number of quaternary nitrogens is 1. The van der Waals surface area contributed by atoms with Crippen molar-refractivity contribution in [3.8, 4) is 5.75 Å². The molecule has 1 aromatic rings. The Morgan fingerprint density at radius 3 is 2.70 bits per heavy atom. The summed E-state index contributed by atoms with van der Waals surface area (Å²) in [5.74, 6) is -0.00220. The zero-order valence-electron chi connectivity index (χ0n) is 11.4. The number of hydrogen-bond acceptors (Lipinski definition) is 3. The number of rotatable bonds is 6. The van der Waals surface area contributed by atoms with Crippen molar-refractivity contribution in [1.29, 1.82) is 0 Å². The van der Waals surface area contributed by atoms with Gasteiger partial charge in [0.15, 0.2) is 6.61 Å². The SMILES string of the molecule is O=C(COc1ccc(F)cc1)NCC[NH+]1CCOCC1. The maximum Gasteiger partial charge on any atom is 0.258 e. The molecule has 1 amide bonds. The van der Waals surface area contributed by atoms with Gasteiger partial charge < -0.3 is 19.7 Å². The number of benzene rings is 1. The lowest BCUT2D eigenvalue weighted by Crippen LogP contribution is -3.14. The second-order valence-corrected chi connectivity index (χ2v) is 4.70. The molecule has 20 heavy (non-hydrogen) atoms. The predicted molar refractivity (Wildman–Crippen MR) is 71.3 cm³/mol. The lowest BCUT2D eigenvalue weighted by Gasteiger charge is -2.23. The normalized spacial score (nSPS) is 15.8. The van der Waals surface area contributed by atoms with Crippen LogP contribution in [-0.4, -0.2) is 51.9 Å². The van der Waals surface area contributed by atoms with Gasteiger partial charge in [0.05, 0.1) is 26.3 Å². The van der Waals surface area contributed by atoms with Crippen LogP contribution in [0, 0.1) is 5.82 Å². The van der Waals surface area contributed by atoms with Crippen LogP contribution in [0.25, 0.3) is 0 Å². The quantitative estimate of drug-likeness (QED) is 0.721. The highest BCUT2D eigenvalue weighted by molar-refractivity contribution is 5.77. The average molecular weight is 283 g/mol. The second kappa shape index (κ2) is 7.81. The van der Waals surface area contributed by atoms with Crippen LogP contribution in [0.15, 0.2) is 24.3 Å². The van der Waals surface area contributed by atoms with Gasteiger partial charge in [-0.2, -0.15) is 0 Å². The maximum atomic E-state index is 12.7. The first-order valence-corrected chi connectivity index (χ1v) is 6.80. The van der Waals surface area contributed by atoms with Gasteiger partial charge in [-0.05, 0) is 24.3 Å². The first-order chi connectivity index (χ1) is 9.74. The third-order valence-electron chi connectivity index (χ3n) is 3.18. The molecule has 0 saturated carbocycles. The molecule has 6 heteroatoms. The molecule has 0 spiro atoms. The van der Waals surface area contributed by atoms with Crippen LogP contribution in [0.2, 0.25) is 0 Å². The van der Waals surface area contributed by atoms with E-state index in [1.807, 2.05) is 0 Å². The van der Waals surface area contributed by atoms with Gasteiger partial charge in [0.2, 0.25) is 0 Å². The number of nitrogens with one attached hydrogen (secondary N) is 2. The number of carbonyl (C=O) groups excluding carboxylic acids is 1. The fraction of sp³-hybridized carbons (Fsp3) is 0.500. The van der Waals surface area contributed by atoms with E-state index in [9.17, 15) is 9.18 Å².